The molecule has 140 valence electrons. The molecule has 0 aromatic heterocycles. The number of amides is 2. The summed E-state index contributed by atoms with van der Waals surface area (Å²) in [5.41, 5.74) is 0.883. The highest BCUT2D eigenvalue weighted by atomic mass is 35.5. The third kappa shape index (κ3) is 6.38. The van der Waals surface area contributed by atoms with Crippen molar-refractivity contribution in [1.82, 2.24) is 15.1 Å². The Morgan fingerprint density at radius 2 is 2.16 bits per heavy atom. The van der Waals surface area contributed by atoms with Crippen LogP contribution in [0.5, 0.6) is 5.75 Å². The lowest BCUT2D eigenvalue weighted by Crippen LogP contribution is -2.44. The maximum Gasteiger partial charge on any atom is 0.317 e. The normalized spacial score (nSPS) is 16.3. The van der Waals surface area contributed by atoms with Gasteiger partial charge in [0.1, 0.15) is 5.75 Å². The first-order valence-corrected chi connectivity index (χ1v) is 9.01. The van der Waals surface area contributed by atoms with Gasteiger partial charge in [-0.2, -0.15) is 0 Å². The lowest BCUT2D eigenvalue weighted by molar-refractivity contribution is 0.0364. The number of benzene rings is 1. The Hall–Kier alpha value is -1.50. The van der Waals surface area contributed by atoms with Crippen molar-refractivity contribution in [2.45, 2.75) is 25.9 Å². The molecule has 1 saturated heterocycles. The van der Waals surface area contributed by atoms with E-state index in [-0.39, 0.29) is 12.1 Å². The Kier molecular flexibility index (Phi) is 7.81. The van der Waals surface area contributed by atoms with E-state index in [9.17, 15) is 4.79 Å². The highest BCUT2D eigenvalue weighted by molar-refractivity contribution is 6.30. The Morgan fingerprint density at radius 3 is 2.84 bits per heavy atom. The molecule has 1 aliphatic rings. The predicted molar refractivity (Wildman–Crippen MR) is 99.3 cm³/mol. The van der Waals surface area contributed by atoms with Gasteiger partial charge in [-0.05, 0) is 31.5 Å². The van der Waals surface area contributed by atoms with E-state index in [4.69, 9.17) is 21.1 Å². The molecule has 1 heterocycles. The van der Waals surface area contributed by atoms with Gasteiger partial charge in [0.05, 0.1) is 26.9 Å². The summed E-state index contributed by atoms with van der Waals surface area (Å²) in [4.78, 5) is 16.4. The first kappa shape index (κ1) is 19.8. The van der Waals surface area contributed by atoms with Crippen molar-refractivity contribution < 1.29 is 14.3 Å². The van der Waals surface area contributed by atoms with Crippen LogP contribution in [0.15, 0.2) is 18.2 Å². The first-order valence-electron chi connectivity index (χ1n) is 8.63. The molecule has 0 radical (unpaired) electrons. The van der Waals surface area contributed by atoms with E-state index in [2.05, 4.69) is 10.2 Å². The van der Waals surface area contributed by atoms with Crippen LogP contribution in [-0.4, -0.2) is 68.9 Å². The SMILES string of the molecule is COc1ccc(Cl)cc1CN(C)C(=O)NC(C)CCN1CCOCC1. The average molecular weight is 370 g/mol. The minimum Gasteiger partial charge on any atom is -0.496 e. The fraction of sp³-hybridized carbons (Fsp3) is 0.611. The zero-order valence-corrected chi connectivity index (χ0v) is 16.0. The van der Waals surface area contributed by atoms with E-state index in [0.29, 0.717) is 11.6 Å². The summed E-state index contributed by atoms with van der Waals surface area (Å²) in [5.74, 6) is 0.726. The molecule has 0 aliphatic carbocycles. The molecule has 1 N–H and O–H groups in total. The van der Waals surface area contributed by atoms with Gasteiger partial charge in [0.2, 0.25) is 0 Å². The van der Waals surface area contributed by atoms with E-state index in [0.717, 1.165) is 50.6 Å². The molecule has 1 atom stereocenters. The monoisotopic (exact) mass is 369 g/mol. The summed E-state index contributed by atoms with van der Waals surface area (Å²) in [6.07, 6.45) is 0.917. The highest BCUT2D eigenvalue weighted by Gasteiger charge is 2.16. The molecule has 1 unspecified atom stereocenters. The van der Waals surface area contributed by atoms with Crippen molar-refractivity contribution in [3.63, 3.8) is 0 Å². The number of urea groups is 1. The molecule has 0 saturated carbocycles. The fourth-order valence-corrected chi connectivity index (χ4v) is 2.99. The van der Waals surface area contributed by atoms with Gasteiger partial charge >= 0.3 is 6.03 Å². The number of halogens is 1. The Balaban J connectivity index is 1.80. The van der Waals surface area contributed by atoms with Crippen LogP contribution < -0.4 is 10.1 Å². The van der Waals surface area contributed by atoms with Crippen molar-refractivity contribution in [2.75, 3.05) is 47.0 Å². The second-order valence-electron chi connectivity index (χ2n) is 6.41. The van der Waals surface area contributed by atoms with Gasteiger partial charge in [-0.25, -0.2) is 4.79 Å². The summed E-state index contributed by atoms with van der Waals surface area (Å²) in [5, 5.41) is 3.68. The van der Waals surface area contributed by atoms with Crippen molar-refractivity contribution in [2.24, 2.45) is 0 Å². The van der Waals surface area contributed by atoms with Crippen LogP contribution in [0.2, 0.25) is 5.02 Å². The summed E-state index contributed by atoms with van der Waals surface area (Å²) in [6.45, 7) is 6.97. The Morgan fingerprint density at radius 1 is 1.44 bits per heavy atom. The molecule has 25 heavy (non-hydrogen) atoms. The number of rotatable bonds is 7. The van der Waals surface area contributed by atoms with Gasteiger partial charge in [-0.15, -0.1) is 0 Å². The molecule has 1 aliphatic heterocycles. The van der Waals surface area contributed by atoms with Gasteiger partial charge in [-0.3, -0.25) is 4.90 Å². The smallest absolute Gasteiger partial charge is 0.317 e. The van der Waals surface area contributed by atoms with E-state index < -0.39 is 0 Å². The van der Waals surface area contributed by atoms with Crippen LogP contribution in [-0.2, 0) is 11.3 Å². The molecule has 2 amide bonds. The Labute approximate surface area is 155 Å². The molecule has 0 bridgehead atoms. The number of nitrogens with one attached hydrogen (secondary N) is 1. The van der Waals surface area contributed by atoms with Crippen LogP contribution in [0, 0.1) is 0 Å². The molecule has 0 spiro atoms. The molecule has 1 aromatic carbocycles. The zero-order valence-electron chi connectivity index (χ0n) is 15.3. The van der Waals surface area contributed by atoms with Gasteiger partial charge in [-0.1, -0.05) is 11.6 Å². The maximum atomic E-state index is 12.4. The van der Waals surface area contributed by atoms with Crippen LogP contribution in [0.3, 0.4) is 0 Å². The van der Waals surface area contributed by atoms with Crippen molar-refractivity contribution in [3.05, 3.63) is 28.8 Å². The number of ether oxygens (including phenoxy) is 2. The molecule has 1 aromatic rings. The molecule has 7 heteroatoms. The summed E-state index contributed by atoms with van der Waals surface area (Å²) >= 11 is 6.05. The fourth-order valence-electron chi connectivity index (χ4n) is 2.79. The number of nitrogens with zero attached hydrogens (tertiary/aromatic N) is 2. The number of morpholine rings is 1. The van der Waals surface area contributed by atoms with Crippen molar-refractivity contribution in [1.29, 1.82) is 0 Å². The second-order valence-corrected chi connectivity index (χ2v) is 6.84. The maximum absolute atomic E-state index is 12.4. The van der Waals surface area contributed by atoms with Crippen LogP contribution in [0.1, 0.15) is 18.9 Å². The number of carbonyl (C=O) groups is 1. The van der Waals surface area contributed by atoms with E-state index in [1.807, 2.05) is 19.1 Å². The standard InChI is InChI=1S/C18H28ClN3O3/c1-14(6-7-22-8-10-25-11-9-22)20-18(23)21(2)13-15-12-16(19)4-5-17(15)24-3/h4-5,12,14H,6-11,13H2,1-3H3,(H,20,23). The Bertz CT molecular complexity index is 564. The molecule has 2 rings (SSSR count). The van der Waals surface area contributed by atoms with Crippen molar-refractivity contribution in [3.8, 4) is 5.75 Å². The third-order valence-corrected chi connectivity index (χ3v) is 4.58. The van der Waals surface area contributed by atoms with E-state index in [1.54, 1.807) is 25.1 Å². The van der Waals surface area contributed by atoms with Crippen molar-refractivity contribution >= 4 is 17.6 Å². The third-order valence-electron chi connectivity index (χ3n) is 4.35. The molecular formula is C18H28ClN3O3. The van der Waals surface area contributed by atoms with Gasteiger partial charge < -0.3 is 19.7 Å². The molecule has 6 nitrogen and oxygen atoms in total. The van der Waals surface area contributed by atoms with Gasteiger partial charge in [0.25, 0.3) is 0 Å². The quantitative estimate of drug-likeness (QED) is 0.802. The van der Waals surface area contributed by atoms with Gasteiger partial charge in [0, 0.05) is 43.3 Å². The van der Waals surface area contributed by atoms with Gasteiger partial charge in [0.15, 0.2) is 0 Å². The van der Waals surface area contributed by atoms with Crippen LogP contribution >= 0.6 is 11.6 Å². The second kappa shape index (κ2) is 9.85. The number of methoxy groups -OCH3 is 1. The minimum atomic E-state index is -0.100. The lowest BCUT2D eigenvalue weighted by Gasteiger charge is -2.28. The van der Waals surface area contributed by atoms with Crippen LogP contribution in [0.25, 0.3) is 0 Å². The summed E-state index contributed by atoms with van der Waals surface area (Å²) < 4.78 is 10.7. The summed E-state index contributed by atoms with van der Waals surface area (Å²) in [6, 6.07) is 5.42. The summed E-state index contributed by atoms with van der Waals surface area (Å²) in [7, 11) is 3.38. The largest absolute Gasteiger partial charge is 0.496 e. The number of hydrogen-bond donors (Lipinski definition) is 1. The predicted octanol–water partition coefficient (Wildman–Crippen LogP) is 2.60. The molecule has 1 fully saturated rings. The topological polar surface area (TPSA) is 54.0 Å². The zero-order chi connectivity index (χ0) is 18.2. The number of hydrogen-bond acceptors (Lipinski definition) is 4. The minimum absolute atomic E-state index is 0.100. The first-order chi connectivity index (χ1) is 12.0. The van der Waals surface area contributed by atoms with E-state index in [1.165, 1.54) is 0 Å². The number of carbonyl (C=O) groups excluding carboxylic acids is 1. The molecular weight excluding hydrogens is 342 g/mol. The average Bonchev–Trinajstić information content (AvgIpc) is 2.61. The lowest BCUT2D eigenvalue weighted by atomic mass is 10.2. The van der Waals surface area contributed by atoms with Crippen LogP contribution in [0.4, 0.5) is 4.79 Å². The highest BCUT2D eigenvalue weighted by Crippen LogP contribution is 2.23. The van der Waals surface area contributed by atoms with E-state index >= 15 is 0 Å².